The van der Waals surface area contributed by atoms with Gasteiger partial charge in [-0.2, -0.15) is 0 Å². The Morgan fingerprint density at radius 3 is 2.38 bits per heavy atom. The summed E-state index contributed by atoms with van der Waals surface area (Å²) in [5, 5.41) is 0.643. The zero-order chi connectivity index (χ0) is 15.6. The summed E-state index contributed by atoms with van der Waals surface area (Å²) in [5.74, 6) is -0.829. The van der Waals surface area contributed by atoms with Crippen LogP contribution in [0.4, 0.5) is 4.39 Å². The highest BCUT2D eigenvalue weighted by Crippen LogP contribution is 2.23. The maximum atomic E-state index is 13.9. The molecule has 0 saturated carbocycles. The first-order valence-electron chi connectivity index (χ1n) is 6.69. The number of carbonyl (C=O) groups excluding carboxylic acids is 1. The molecule has 2 aromatic carbocycles. The number of hydrogen-bond donors (Lipinski definition) is 0. The quantitative estimate of drug-likeness (QED) is 0.810. The lowest BCUT2D eigenvalue weighted by molar-refractivity contribution is 0.0738. The van der Waals surface area contributed by atoms with Crippen LogP contribution in [0.15, 0.2) is 42.5 Å². The molecule has 1 amide bonds. The first kappa shape index (κ1) is 15.5. The summed E-state index contributed by atoms with van der Waals surface area (Å²) >= 11 is 5.86. The van der Waals surface area contributed by atoms with Gasteiger partial charge in [-0.1, -0.05) is 29.8 Å². The van der Waals surface area contributed by atoms with Crippen LogP contribution in [0.5, 0.6) is 0 Å². The standard InChI is InChI=1S/C17H17ClFNO/c1-11-4-9-15(16(19)10-11)17(21)20(3)12(2)13-5-7-14(18)8-6-13/h4-10,12H,1-3H3. The molecule has 1 atom stereocenters. The molecule has 21 heavy (non-hydrogen) atoms. The summed E-state index contributed by atoms with van der Waals surface area (Å²) < 4.78 is 13.9. The highest BCUT2D eigenvalue weighted by atomic mass is 35.5. The fourth-order valence-electron chi connectivity index (χ4n) is 2.12. The van der Waals surface area contributed by atoms with E-state index < -0.39 is 5.82 Å². The minimum atomic E-state index is -0.491. The normalized spacial score (nSPS) is 12.0. The zero-order valence-electron chi connectivity index (χ0n) is 12.2. The molecule has 0 spiro atoms. The predicted molar refractivity (Wildman–Crippen MR) is 83.1 cm³/mol. The summed E-state index contributed by atoms with van der Waals surface area (Å²) in [7, 11) is 1.67. The average molecular weight is 306 g/mol. The molecule has 0 fully saturated rings. The molecular weight excluding hydrogens is 289 g/mol. The van der Waals surface area contributed by atoms with Crippen molar-refractivity contribution in [2.45, 2.75) is 19.9 Å². The number of hydrogen-bond acceptors (Lipinski definition) is 1. The van der Waals surface area contributed by atoms with Crippen molar-refractivity contribution < 1.29 is 9.18 Å². The summed E-state index contributed by atoms with van der Waals surface area (Å²) in [6, 6.07) is 11.7. The fourth-order valence-corrected chi connectivity index (χ4v) is 2.25. The second kappa shape index (κ2) is 6.27. The van der Waals surface area contributed by atoms with Crippen LogP contribution >= 0.6 is 11.6 Å². The van der Waals surface area contributed by atoms with Gasteiger partial charge in [-0.3, -0.25) is 4.79 Å². The summed E-state index contributed by atoms with van der Waals surface area (Å²) in [5.41, 5.74) is 1.82. The van der Waals surface area contributed by atoms with Crippen LogP contribution in [0.25, 0.3) is 0 Å². The third kappa shape index (κ3) is 3.42. The molecule has 1 unspecified atom stereocenters. The number of benzene rings is 2. The third-order valence-electron chi connectivity index (χ3n) is 3.61. The molecule has 110 valence electrons. The van der Waals surface area contributed by atoms with Crippen LogP contribution < -0.4 is 0 Å². The second-order valence-corrected chi connectivity index (χ2v) is 5.56. The molecule has 0 bridgehead atoms. The maximum absolute atomic E-state index is 13.9. The molecular formula is C17H17ClFNO. The molecule has 0 N–H and O–H groups in total. The fraction of sp³-hybridized carbons (Fsp3) is 0.235. The van der Waals surface area contributed by atoms with Gasteiger partial charge in [0.05, 0.1) is 11.6 Å². The summed E-state index contributed by atoms with van der Waals surface area (Å²) in [6.45, 7) is 3.69. The van der Waals surface area contributed by atoms with Crippen molar-refractivity contribution in [3.8, 4) is 0 Å². The predicted octanol–water partition coefficient (Wildman–Crippen LogP) is 4.62. The second-order valence-electron chi connectivity index (χ2n) is 5.13. The van der Waals surface area contributed by atoms with Gasteiger partial charge in [0, 0.05) is 12.1 Å². The number of halogens is 2. The summed E-state index contributed by atoms with van der Waals surface area (Å²) in [6.07, 6.45) is 0. The molecule has 0 aliphatic rings. The van der Waals surface area contributed by atoms with Crippen molar-refractivity contribution in [3.05, 3.63) is 70.0 Å². The molecule has 0 heterocycles. The number of aryl methyl sites for hydroxylation is 1. The van der Waals surface area contributed by atoms with Gasteiger partial charge in [-0.05, 0) is 49.2 Å². The van der Waals surface area contributed by atoms with E-state index in [1.165, 1.54) is 17.0 Å². The van der Waals surface area contributed by atoms with Gasteiger partial charge in [-0.25, -0.2) is 4.39 Å². The van der Waals surface area contributed by atoms with E-state index in [2.05, 4.69) is 0 Å². The van der Waals surface area contributed by atoms with Crippen molar-refractivity contribution in [1.82, 2.24) is 4.90 Å². The van der Waals surface area contributed by atoms with E-state index in [-0.39, 0.29) is 17.5 Å². The van der Waals surface area contributed by atoms with Crippen molar-refractivity contribution in [2.24, 2.45) is 0 Å². The Morgan fingerprint density at radius 2 is 1.81 bits per heavy atom. The topological polar surface area (TPSA) is 20.3 Å². The highest BCUT2D eigenvalue weighted by molar-refractivity contribution is 6.30. The first-order chi connectivity index (χ1) is 9.90. The Bertz CT molecular complexity index is 654. The maximum Gasteiger partial charge on any atom is 0.257 e. The number of amides is 1. The van der Waals surface area contributed by atoms with Gasteiger partial charge in [0.1, 0.15) is 5.82 Å². The van der Waals surface area contributed by atoms with E-state index in [0.29, 0.717) is 5.02 Å². The van der Waals surface area contributed by atoms with Crippen molar-refractivity contribution in [3.63, 3.8) is 0 Å². The molecule has 0 radical (unpaired) electrons. The lowest BCUT2D eigenvalue weighted by Crippen LogP contribution is -2.30. The third-order valence-corrected chi connectivity index (χ3v) is 3.86. The minimum absolute atomic E-state index is 0.0870. The molecule has 0 aromatic heterocycles. The largest absolute Gasteiger partial charge is 0.335 e. The molecule has 2 nitrogen and oxygen atoms in total. The van der Waals surface area contributed by atoms with Gasteiger partial charge >= 0.3 is 0 Å². The van der Waals surface area contributed by atoms with Gasteiger partial charge in [0.25, 0.3) is 5.91 Å². The lowest BCUT2D eigenvalue weighted by atomic mass is 10.1. The van der Waals surface area contributed by atoms with Gasteiger partial charge in [0.15, 0.2) is 0 Å². The molecule has 2 rings (SSSR count). The van der Waals surface area contributed by atoms with Crippen LogP contribution in [-0.4, -0.2) is 17.9 Å². The van der Waals surface area contributed by atoms with Crippen LogP contribution in [0, 0.1) is 12.7 Å². The van der Waals surface area contributed by atoms with E-state index >= 15 is 0 Å². The van der Waals surface area contributed by atoms with Gasteiger partial charge in [-0.15, -0.1) is 0 Å². The minimum Gasteiger partial charge on any atom is -0.335 e. The number of carbonyl (C=O) groups is 1. The van der Waals surface area contributed by atoms with Crippen LogP contribution in [0.3, 0.4) is 0 Å². The smallest absolute Gasteiger partial charge is 0.257 e. The van der Waals surface area contributed by atoms with E-state index in [1.54, 1.807) is 32.2 Å². The Balaban J connectivity index is 2.24. The van der Waals surface area contributed by atoms with E-state index in [4.69, 9.17) is 11.6 Å². The molecule has 0 aliphatic carbocycles. The Labute approximate surface area is 129 Å². The molecule has 0 aliphatic heterocycles. The van der Waals surface area contributed by atoms with E-state index in [0.717, 1.165) is 11.1 Å². The van der Waals surface area contributed by atoms with Crippen molar-refractivity contribution in [2.75, 3.05) is 7.05 Å². The molecule has 0 saturated heterocycles. The Kier molecular flexibility index (Phi) is 4.63. The Hall–Kier alpha value is -1.87. The number of rotatable bonds is 3. The average Bonchev–Trinajstić information content (AvgIpc) is 2.46. The molecule has 4 heteroatoms. The van der Waals surface area contributed by atoms with Crippen molar-refractivity contribution >= 4 is 17.5 Å². The number of nitrogens with zero attached hydrogens (tertiary/aromatic N) is 1. The van der Waals surface area contributed by atoms with E-state index in [9.17, 15) is 9.18 Å². The summed E-state index contributed by atoms with van der Waals surface area (Å²) in [4.78, 5) is 13.9. The van der Waals surface area contributed by atoms with Gasteiger partial charge in [0.2, 0.25) is 0 Å². The molecule has 2 aromatic rings. The van der Waals surface area contributed by atoms with E-state index in [1.807, 2.05) is 19.1 Å². The lowest BCUT2D eigenvalue weighted by Gasteiger charge is -2.25. The van der Waals surface area contributed by atoms with Gasteiger partial charge < -0.3 is 4.90 Å². The SMILES string of the molecule is Cc1ccc(C(=O)N(C)C(C)c2ccc(Cl)cc2)c(F)c1. The van der Waals surface area contributed by atoms with Crippen LogP contribution in [0.1, 0.15) is 34.5 Å². The van der Waals surface area contributed by atoms with Crippen molar-refractivity contribution in [1.29, 1.82) is 0 Å². The monoisotopic (exact) mass is 305 g/mol. The zero-order valence-corrected chi connectivity index (χ0v) is 13.0. The van der Waals surface area contributed by atoms with Crippen LogP contribution in [-0.2, 0) is 0 Å². The first-order valence-corrected chi connectivity index (χ1v) is 7.06. The van der Waals surface area contributed by atoms with Crippen LogP contribution in [0.2, 0.25) is 5.02 Å². The highest BCUT2D eigenvalue weighted by Gasteiger charge is 2.21. The Morgan fingerprint density at radius 1 is 1.19 bits per heavy atom.